The van der Waals surface area contributed by atoms with Crippen LogP contribution in [0.15, 0.2) is 18.3 Å². The molecule has 0 aromatic carbocycles. The molecule has 1 amide bonds. The molecule has 3 aliphatic rings. The number of rotatable bonds is 8. The Kier molecular flexibility index (Phi) is 7.74. The Morgan fingerprint density at radius 3 is 2.77 bits per heavy atom. The Hall–Kier alpha value is -1.77. The van der Waals surface area contributed by atoms with Gasteiger partial charge in [-0.1, -0.05) is 19.3 Å². The van der Waals surface area contributed by atoms with Crippen molar-refractivity contribution < 1.29 is 9.53 Å². The molecule has 8 heteroatoms. The molecule has 172 valence electrons. The molecule has 3 heterocycles. The normalized spacial score (nSPS) is 24.5. The zero-order valence-corrected chi connectivity index (χ0v) is 19.0. The average Bonchev–Trinajstić information content (AvgIpc) is 3.27. The number of nitrogens with zero attached hydrogens (tertiary/aromatic N) is 5. The summed E-state index contributed by atoms with van der Waals surface area (Å²) in [7, 11) is 2.05. The molecule has 4 rings (SSSR count). The van der Waals surface area contributed by atoms with Gasteiger partial charge in [0, 0.05) is 50.5 Å². The van der Waals surface area contributed by atoms with Crippen LogP contribution in [0.2, 0.25) is 0 Å². The van der Waals surface area contributed by atoms with Gasteiger partial charge in [-0.3, -0.25) is 14.6 Å². The molecule has 1 aromatic heterocycles. The summed E-state index contributed by atoms with van der Waals surface area (Å²) < 4.78 is 5.57. The van der Waals surface area contributed by atoms with Gasteiger partial charge in [0.25, 0.3) is 0 Å². The Morgan fingerprint density at radius 2 is 2.03 bits per heavy atom. The van der Waals surface area contributed by atoms with Crippen LogP contribution in [-0.4, -0.2) is 97.0 Å². The highest BCUT2D eigenvalue weighted by atomic mass is 16.5. The second-order valence-corrected chi connectivity index (χ2v) is 9.43. The first kappa shape index (κ1) is 22.4. The fraction of sp³-hybridized carbons (Fsp3) is 0.783. The second-order valence-electron chi connectivity index (χ2n) is 9.43. The van der Waals surface area contributed by atoms with Crippen LogP contribution < -0.4 is 10.2 Å². The second kappa shape index (κ2) is 10.7. The quantitative estimate of drug-likeness (QED) is 0.670. The van der Waals surface area contributed by atoms with E-state index >= 15 is 0 Å². The van der Waals surface area contributed by atoms with Crippen LogP contribution in [0.1, 0.15) is 44.9 Å². The monoisotopic (exact) mass is 430 g/mol. The SMILES string of the molecule is CN(CC(=O)NCC1(N2CCOCC2)CCCCC1)CC1CCCN1c1cccnn1. The number of nitrogens with one attached hydrogen (secondary N) is 1. The van der Waals surface area contributed by atoms with E-state index in [2.05, 4.69) is 30.2 Å². The molecular formula is C23H38N6O2. The van der Waals surface area contributed by atoms with E-state index in [0.717, 1.165) is 64.6 Å². The van der Waals surface area contributed by atoms with Gasteiger partial charge in [-0.2, -0.15) is 5.10 Å². The number of hydrogen-bond donors (Lipinski definition) is 1. The van der Waals surface area contributed by atoms with E-state index < -0.39 is 0 Å². The molecule has 1 aromatic rings. The molecule has 0 bridgehead atoms. The number of hydrogen-bond acceptors (Lipinski definition) is 7. The maximum Gasteiger partial charge on any atom is 0.234 e. The molecule has 0 radical (unpaired) electrons. The molecule has 1 atom stereocenters. The van der Waals surface area contributed by atoms with Crippen molar-refractivity contribution in [2.45, 2.75) is 56.5 Å². The summed E-state index contributed by atoms with van der Waals surface area (Å²) in [5.74, 6) is 1.07. The lowest BCUT2D eigenvalue weighted by Gasteiger charge is -2.48. The molecule has 3 fully saturated rings. The van der Waals surface area contributed by atoms with Gasteiger partial charge in [0.2, 0.25) is 5.91 Å². The van der Waals surface area contributed by atoms with Crippen LogP contribution in [0, 0.1) is 0 Å². The summed E-state index contributed by atoms with van der Waals surface area (Å²) in [5.41, 5.74) is 0.116. The smallest absolute Gasteiger partial charge is 0.234 e. The zero-order valence-electron chi connectivity index (χ0n) is 19.0. The lowest BCUT2D eigenvalue weighted by molar-refractivity contribution is -0.123. The largest absolute Gasteiger partial charge is 0.379 e. The third-order valence-electron chi connectivity index (χ3n) is 7.25. The van der Waals surface area contributed by atoms with Gasteiger partial charge in [-0.05, 0) is 44.9 Å². The Bertz CT molecular complexity index is 691. The van der Waals surface area contributed by atoms with Crippen molar-refractivity contribution in [2.24, 2.45) is 0 Å². The molecule has 8 nitrogen and oxygen atoms in total. The van der Waals surface area contributed by atoms with Crippen LogP contribution in [0.5, 0.6) is 0 Å². The summed E-state index contributed by atoms with van der Waals surface area (Å²) in [6.07, 6.45) is 10.2. The number of amides is 1. The lowest BCUT2D eigenvalue weighted by Crippen LogP contribution is -2.60. The minimum absolute atomic E-state index is 0.116. The van der Waals surface area contributed by atoms with Crippen molar-refractivity contribution in [1.29, 1.82) is 0 Å². The number of carbonyl (C=O) groups excluding carboxylic acids is 1. The first-order valence-corrected chi connectivity index (χ1v) is 12.0. The zero-order chi connectivity index (χ0) is 21.5. The van der Waals surface area contributed by atoms with Gasteiger partial charge in [-0.15, -0.1) is 5.10 Å². The minimum atomic E-state index is 0.116. The molecule has 1 unspecified atom stereocenters. The summed E-state index contributed by atoms with van der Waals surface area (Å²) in [5, 5.41) is 11.6. The molecule has 31 heavy (non-hydrogen) atoms. The highest BCUT2D eigenvalue weighted by Gasteiger charge is 2.39. The highest BCUT2D eigenvalue weighted by molar-refractivity contribution is 5.78. The van der Waals surface area contributed by atoms with Crippen molar-refractivity contribution in [2.75, 3.05) is 64.4 Å². The van der Waals surface area contributed by atoms with E-state index in [1.54, 1.807) is 6.20 Å². The van der Waals surface area contributed by atoms with Gasteiger partial charge < -0.3 is 15.0 Å². The van der Waals surface area contributed by atoms with Crippen LogP contribution in [-0.2, 0) is 9.53 Å². The van der Waals surface area contributed by atoms with Crippen molar-refractivity contribution >= 4 is 11.7 Å². The topological polar surface area (TPSA) is 73.8 Å². The van der Waals surface area contributed by atoms with Crippen molar-refractivity contribution in [3.8, 4) is 0 Å². The number of carbonyl (C=O) groups is 1. The fourth-order valence-electron chi connectivity index (χ4n) is 5.61. The number of anilines is 1. The van der Waals surface area contributed by atoms with Gasteiger partial charge >= 0.3 is 0 Å². The van der Waals surface area contributed by atoms with Gasteiger partial charge in [0.15, 0.2) is 5.82 Å². The summed E-state index contributed by atoms with van der Waals surface area (Å²) >= 11 is 0. The van der Waals surface area contributed by atoms with Crippen LogP contribution in [0.4, 0.5) is 5.82 Å². The fourth-order valence-corrected chi connectivity index (χ4v) is 5.61. The maximum atomic E-state index is 12.8. The Balaban J connectivity index is 1.27. The highest BCUT2D eigenvalue weighted by Crippen LogP contribution is 2.34. The Labute approximate surface area is 186 Å². The molecular weight excluding hydrogens is 392 g/mol. The van der Waals surface area contributed by atoms with Gasteiger partial charge in [-0.25, -0.2) is 0 Å². The summed E-state index contributed by atoms with van der Waals surface area (Å²) in [6.45, 7) is 6.64. The van der Waals surface area contributed by atoms with Crippen molar-refractivity contribution in [3.05, 3.63) is 18.3 Å². The predicted molar refractivity (Wildman–Crippen MR) is 121 cm³/mol. The predicted octanol–water partition coefficient (Wildman–Crippen LogP) is 1.53. The van der Waals surface area contributed by atoms with Crippen LogP contribution in [0.25, 0.3) is 0 Å². The van der Waals surface area contributed by atoms with Crippen LogP contribution >= 0.6 is 0 Å². The van der Waals surface area contributed by atoms with Crippen molar-refractivity contribution in [3.63, 3.8) is 0 Å². The van der Waals surface area contributed by atoms with Crippen LogP contribution in [0.3, 0.4) is 0 Å². The number of likely N-dealkylation sites (N-methyl/N-ethyl adjacent to an activating group) is 1. The van der Waals surface area contributed by atoms with Gasteiger partial charge in [0.05, 0.1) is 19.8 Å². The average molecular weight is 431 g/mol. The van der Waals surface area contributed by atoms with E-state index in [4.69, 9.17) is 4.74 Å². The summed E-state index contributed by atoms with van der Waals surface area (Å²) in [4.78, 5) is 19.9. The van der Waals surface area contributed by atoms with E-state index in [1.807, 2.05) is 19.2 Å². The standard InChI is InChI=1S/C23H38N6O2/c1-27(17-20-7-6-12-29(20)21-8-5-11-25-26-21)18-22(30)24-19-23(9-3-2-4-10-23)28-13-15-31-16-14-28/h5,8,11,20H,2-4,6-7,9-10,12-19H2,1H3,(H,24,30). The maximum absolute atomic E-state index is 12.8. The molecule has 2 saturated heterocycles. The molecule has 1 N–H and O–H groups in total. The number of morpholine rings is 1. The molecule has 1 saturated carbocycles. The third kappa shape index (κ3) is 5.73. The number of ether oxygens (including phenoxy) is 1. The third-order valence-corrected chi connectivity index (χ3v) is 7.25. The lowest BCUT2D eigenvalue weighted by atomic mass is 9.79. The van der Waals surface area contributed by atoms with E-state index in [-0.39, 0.29) is 11.4 Å². The van der Waals surface area contributed by atoms with E-state index in [0.29, 0.717) is 12.6 Å². The molecule has 0 spiro atoms. The molecule has 2 aliphatic heterocycles. The minimum Gasteiger partial charge on any atom is -0.379 e. The first-order valence-electron chi connectivity index (χ1n) is 12.0. The first-order chi connectivity index (χ1) is 15.2. The molecule has 1 aliphatic carbocycles. The Morgan fingerprint density at radius 1 is 1.23 bits per heavy atom. The summed E-state index contributed by atoms with van der Waals surface area (Å²) in [6, 6.07) is 4.34. The van der Waals surface area contributed by atoms with Crippen molar-refractivity contribution in [1.82, 2.24) is 25.3 Å². The van der Waals surface area contributed by atoms with Gasteiger partial charge in [0.1, 0.15) is 0 Å². The van der Waals surface area contributed by atoms with E-state index in [9.17, 15) is 4.79 Å². The van der Waals surface area contributed by atoms with E-state index in [1.165, 1.54) is 32.1 Å². The number of aromatic nitrogens is 2.